The standard InChI is InChI=1S/C26H34ClN3O6S/c1-4-13-28-26(32)22(5-2)29(17-19-7-9-20(27)10-8-19)25(31)18-30(37(33,34)6-3)21-11-12-23-24(16-21)36-15-14-35-23/h7-12,16,22H,4-6,13-15,17-18H2,1-3H3,(H,28,32)/t22-/m1/s1. The lowest BCUT2D eigenvalue weighted by atomic mass is 10.1. The van der Waals surface area contributed by atoms with Gasteiger partial charge in [-0.05, 0) is 49.6 Å². The maximum atomic E-state index is 13.8. The minimum atomic E-state index is -3.84. The highest BCUT2D eigenvalue weighted by Crippen LogP contribution is 2.35. The van der Waals surface area contributed by atoms with Crippen LogP contribution in [0.15, 0.2) is 42.5 Å². The van der Waals surface area contributed by atoms with Gasteiger partial charge >= 0.3 is 0 Å². The fourth-order valence-electron chi connectivity index (χ4n) is 3.98. The number of amides is 2. The van der Waals surface area contributed by atoms with Gasteiger partial charge in [0.1, 0.15) is 25.8 Å². The Morgan fingerprint density at radius 3 is 2.32 bits per heavy atom. The third-order valence-corrected chi connectivity index (χ3v) is 7.99. The molecule has 1 aliphatic heterocycles. The molecule has 2 amide bonds. The van der Waals surface area contributed by atoms with E-state index in [2.05, 4.69) is 5.32 Å². The summed E-state index contributed by atoms with van der Waals surface area (Å²) in [5.41, 5.74) is 1.05. The topological polar surface area (TPSA) is 105 Å². The Morgan fingerprint density at radius 1 is 1.03 bits per heavy atom. The quantitative estimate of drug-likeness (QED) is 0.432. The molecule has 0 spiro atoms. The van der Waals surface area contributed by atoms with Crippen molar-refractivity contribution in [3.05, 3.63) is 53.1 Å². The van der Waals surface area contributed by atoms with Crippen LogP contribution in [0.1, 0.15) is 39.2 Å². The highest BCUT2D eigenvalue weighted by Gasteiger charge is 2.32. The van der Waals surface area contributed by atoms with Crippen LogP contribution >= 0.6 is 11.6 Å². The van der Waals surface area contributed by atoms with Crippen LogP contribution in [0.4, 0.5) is 5.69 Å². The summed E-state index contributed by atoms with van der Waals surface area (Å²) in [5.74, 6) is -0.0644. The summed E-state index contributed by atoms with van der Waals surface area (Å²) in [6, 6.07) is 11.0. The molecule has 3 rings (SSSR count). The number of sulfonamides is 1. The van der Waals surface area contributed by atoms with E-state index >= 15 is 0 Å². The lowest BCUT2D eigenvalue weighted by Gasteiger charge is -2.33. The molecule has 1 N–H and O–H groups in total. The van der Waals surface area contributed by atoms with E-state index in [4.69, 9.17) is 21.1 Å². The van der Waals surface area contributed by atoms with Gasteiger partial charge in [0.05, 0.1) is 11.4 Å². The van der Waals surface area contributed by atoms with E-state index in [1.165, 1.54) is 11.8 Å². The summed E-state index contributed by atoms with van der Waals surface area (Å²) in [6.07, 6.45) is 1.11. The van der Waals surface area contributed by atoms with Crippen molar-refractivity contribution in [3.63, 3.8) is 0 Å². The molecule has 1 aliphatic rings. The fraction of sp³-hybridized carbons (Fsp3) is 0.462. The zero-order chi connectivity index (χ0) is 27.0. The number of carbonyl (C=O) groups is 2. The van der Waals surface area contributed by atoms with Gasteiger partial charge in [0, 0.05) is 24.2 Å². The third kappa shape index (κ3) is 7.29. The Balaban J connectivity index is 1.96. The van der Waals surface area contributed by atoms with Crippen LogP contribution < -0.4 is 19.1 Å². The predicted molar refractivity (Wildman–Crippen MR) is 144 cm³/mol. The van der Waals surface area contributed by atoms with Gasteiger partial charge in [0.2, 0.25) is 21.8 Å². The van der Waals surface area contributed by atoms with Crippen LogP contribution in [-0.4, -0.2) is 63.2 Å². The first-order valence-corrected chi connectivity index (χ1v) is 14.4. The van der Waals surface area contributed by atoms with Gasteiger partial charge in [-0.25, -0.2) is 8.42 Å². The van der Waals surface area contributed by atoms with E-state index in [9.17, 15) is 18.0 Å². The molecule has 0 saturated heterocycles. The summed E-state index contributed by atoms with van der Waals surface area (Å²) in [7, 11) is -3.84. The van der Waals surface area contributed by atoms with Crippen molar-refractivity contribution < 1.29 is 27.5 Å². The summed E-state index contributed by atoms with van der Waals surface area (Å²) in [5, 5.41) is 3.41. The molecule has 1 atom stereocenters. The van der Waals surface area contributed by atoms with Crippen molar-refractivity contribution in [1.82, 2.24) is 10.2 Å². The second kappa shape index (κ2) is 13.0. The average Bonchev–Trinajstić information content (AvgIpc) is 2.90. The second-order valence-electron chi connectivity index (χ2n) is 8.60. The van der Waals surface area contributed by atoms with Crippen molar-refractivity contribution in [1.29, 1.82) is 0 Å². The highest BCUT2D eigenvalue weighted by atomic mass is 35.5. The van der Waals surface area contributed by atoms with Crippen molar-refractivity contribution in [2.45, 2.75) is 46.2 Å². The predicted octanol–water partition coefficient (Wildman–Crippen LogP) is 3.60. The van der Waals surface area contributed by atoms with E-state index < -0.39 is 28.5 Å². The number of carbonyl (C=O) groups excluding carboxylic acids is 2. The van der Waals surface area contributed by atoms with Gasteiger partial charge in [-0.1, -0.05) is 37.6 Å². The van der Waals surface area contributed by atoms with Crippen molar-refractivity contribution in [2.75, 3.05) is 36.4 Å². The minimum Gasteiger partial charge on any atom is -0.486 e. The van der Waals surface area contributed by atoms with Crippen LogP contribution in [0.5, 0.6) is 11.5 Å². The smallest absolute Gasteiger partial charge is 0.244 e. The summed E-state index contributed by atoms with van der Waals surface area (Å²) in [4.78, 5) is 28.2. The molecule has 0 bridgehead atoms. The molecular weight excluding hydrogens is 518 g/mol. The number of nitrogens with zero attached hydrogens (tertiary/aromatic N) is 2. The molecule has 0 radical (unpaired) electrons. The number of rotatable bonds is 12. The fourth-order valence-corrected chi connectivity index (χ4v) is 5.16. The maximum absolute atomic E-state index is 13.8. The lowest BCUT2D eigenvalue weighted by Crippen LogP contribution is -2.52. The molecule has 2 aromatic rings. The van der Waals surface area contributed by atoms with Crippen molar-refractivity contribution in [2.24, 2.45) is 0 Å². The molecule has 0 aliphatic carbocycles. The molecule has 37 heavy (non-hydrogen) atoms. The molecule has 0 saturated carbocycles. The number of ether oxygens (including phenoxy) is 2. The molecular formula is C26H34ClN3O6S. The van der Waals surface area contributed by atoms with Crippen LogP contribution in [-0.2, 0) is 26.2 Å². The lowest BCUT2D eigenvalue weighted by molar-refractivity contribution is -0.140. The maximum Gasteiger partial charge on any atom is 0.244 e. The molecule has 9 nitrogen and oxygen atoms in total. The largest absolute Gasteiger partial charge is 0.486 e. The monoisotopic (exact) mass is 551 g/mol. The second-order valence-corrected chi connectivity index (χ2v) is 11.2. The first-order chi connectivity index (χ1) is 17.7. The van der Waals surface area contributed by atoms with Gasteiger partial charge < -0.3 is 19.7 Å². The van der Waals surface area contributed by atoms with Crippen LogP contribution in [0.25, 0.3) is 0 Å². The number of hydrogen-bond donors (Lipinski definition) is 1. The molecule has 0 aromatic heterocycles. The summed E-state index contributed by atoms with van der Waals surface area (Å²) < 4.78 is 38.5. The zero-order valence-electron chi connectivity index (χ0n) is 21.4. The highest BCUT2D eigenvalue weighted by molar-refractivity contribution is 7.92. The summed E-state index contributed by atoms with van der Waals surface area (Å²) >= 11 is 6.02. The van der Waals surface area contributed by atoms with Crippen LogP contribution in [0.3, 0.4) is 0 Å². The Labute approximate surface area is 223 Å². The van der Waals surface area contributed by atoms with Gasteiger partial charge in [-0.15, -0.1) is 0 Å². The van der Waals surface area contributed by atoms with Crippen molar-refractivity contribution >= 4 is 39.1 Å². The molecule has 202 valence electrons. The molecule has 2 aromatic carbocycles. The number of halogens is 1. The normalized spacial score (nSPS) is 13.5. The van der Waals surface area contributed by atoms with Crippen LogP contribution in [0, 0.1) is 0 Å². The van der Waals surface area contributed by atoms with Gasteiger partial charge in [-0.3, -0.25) is 13.9 Å². The Hall–Kier alpha value is -2.98. The molecule has 0 unspecified atom stereocenters. The summed E-state index contributed by atoms with van der Waals surface area (Å²) in [6.45, 7) is 6.15. The SMILES string of the molecule is CCCNC(=O)[C@@H](CC)N(Cc1ccc(Cl)cc1)C(=O)CN(c1ccc2c(c1)OCCO2)S(=O)(=O)CC. The zero-order valence-corrected chi connectivity index (χ0v) is 23.0. The number of hydrogen-bond acceptors (Lipinski definition) is 6. The average molecular weight is 552 g/mol. The Bertz CT molecular complexity index is 1190. The number of benzene rings is 2. The van der Waals surface area contributed by atoms with Crippen molar-refractivity contribution in [3.8, 4) is 11.5 Å². The Kier molecular flexibility index (Phi) is 10.0. The van der Waals surface area contributed by atoms with E-state index in [0.717, 1.165) is 16.3 Å². The first-order valence-electron chi connectivity index (χ1n) is 12.4. The molecule has 0 fully saturated rings. The van der Waals surface area contributed by atoms with Gasteiger partial charge in [0.15, 0.2) is 11.5 Å². The molecule has 11 heteroatoms. The Morgan fingerprint density at radius 2 is 1.70 bits per heavy atom. The number of anilines is 1. The minimum absolute atomic E-state index is 0.120. The van der Waals surface area contributed by atoms with Gasteiger partial charge in [0.25, 0.3) is 0 Å². The number of fused-ring (bicyclic) bond motifs is 1. The van der Waals surface area contributed by atoms with Gasteiger partial charge in [-0.2, -0.15) is 0 Å². The third-order valence-electron chi connectivity index (χ3n) is 5.99. The first kappa shape index (κ1) is 28.6. The van der Waals surface area contributed by atoms with E-state index in [1.54, 1.807) is 42.5 Å². The molecule has 1 heterocycles. The van der Waals surface area contributed by atoms with E-state index in [0.29, 0.717) is 42.7 Å². The van der Waals surface area contributed by atoms with E-state index in [-0.39, 0.29) is 23.9 Å². The number of nitrogens with one attached hydrogen (secondary N) is 1. The van der Waals surface area contributed by atoms with E-state index in [1.807, 2.05) is 13.8 Å². The van der Waals surface area contributed by atoms with Crippen LogP contribution in [0.2, 0.25) is 5.02 Å².